The van der Waals surface area contributed by atoms with E-state index in [2.05, 4.69) is 16.5 Å². The molecule has 2 aromatic rings. The predicted molar refractivity (Wildman–Crippen MR) is 101 cm³/mol. The standard InChI is InChI=1S/C20H18FN3O2S/c21-13-6-4-5-12(9-13)16-10-17(26-24-16)19(25)23-20-15(11-22)14-7-2-1-3-8-18(14)27-20/h4-6,9,17H,1-3,7-8,10H2,(H,23,25)/t17-/m0/s1. The number of oxime groups is 1. The number of fused-ring (bicyclic) bond motifs is 1. The van der Waals surface area contributed by atoms with E-state index in [0.717, 1.165) is 31.2 Å². The molecule has 138 valence electrons. The van der Waals surface area contributed by atoms with Crippen LogP contribution in [0.25, 0.3) is 0 Å². The van der Waals surface area contributed by atoms with Gasteiger partial charge in [-0.05, 0) is 43.4 Å². The highest BCUT2D eigenvalue weighted by Gasteiger charge is 2.30. The zero-order valence-corrected chi connectivity index (χ0v) is 15.4. The summed E-state index contributed by atoms with van der Waals surface area (Å²) in [6.45, 7) is 0. The molecule has 0 saturated carbocycles. The van der Waals surface area contributed by atoms with Crippen molar-refractivity contribution in [2.45, 2.75) is 44.6 Å². The van der Waals surface area contributed by atoms with Gasteiger partial charge in [-0.2, -0.15) is 5.26 Å². The molecule has 27 heavy (non-hydrogen) atoms. The van der Waals surface area contributed by atoms with Gasteiger partial charge in [0.05, 0.1) is 11.3 Å². The van der Waals surface area contributed by atoms with Gasteiger partial charge in [-0.25, -0.2) is 4.39 Å². The number of nitrogens with one attached hydrogen (secondary N) is 1. The average molecular weight is 383 g/mol. The molecule has 1 amide bonds. The Bertz CT molecular complexity index is 961. The molecule has 0 unspecified atom stereocenters. The Hall–Kier alpha value is -2.72. The van der Waals surface area contributed by atoms with Crippen LogP contribution in [-0.4, -0.2) is 17.7 Å². The van der Waals surface area contributed by atoms with Crippen molar-refractivity contribution in [1.29, 1.82) is 5.26 Å². The van der Waals surface area contributed by atoms with Crippen LogP contribution < -0.4 is 5.32 Å². The van der Waals surface area contributed by atoms with Gasteiger partial charge < -0.3 is 10.2 Å². The number of benzene rings is 1. The molecule has 4 rings (SSSR count). The summed E-state index contributed by atoms with van der Waals surface area (Å²) in [6.07, 6.45) is 4.68. The Labute approximate surface area is 160 Å². The van der Waals surface area contributed by atoms with Crippen molar-refractivity contribution in [2.75, 3.05) is 5.32 Å². The number of aryl methyl sites for hydroxylation is 1. The van der Waals surface area contributed by atoms with Gasteiger partial charge in [0.1, 0.15) is 16.9 Å². The molecule has 0 bridgehead atoms. The summed E-state index contributed by atoms with van der Waals surface area (Å²) in [5, 5.41) is 16.9. The molecule has 2 heterocycles. The van der Waals surface area contributed by atoms with Crippen LogP contribution in [0.4, 0.5) is 9.39 Å². The lowest BCUT2D eigenvalue weighted by atomic mass is 10.0. The van der Waals surface area contributed by atoms with Crippen molar-refractivity contribution in [2.24, 2.45) is 5.16 Å². The van der Waals surface area contributed by atoms with Crippen LogP contribution in [0.3, 0.4) is 0 Å². The zero-order valence-electron chi connectivity index (χ0n) is 14.6. The van der Waals surface area contributed by atoms with Crippen LogP contribution in [0.5, 0.6) is 0 Å². The first kappa shape index (κ1) is 17.7. The van der Waals surface area contributed by atoms with Gasteiger partial charge in [0.25, 0.3) is 5.91 Å². The lowest BCUT2D eigenvalue weighted by molar-refractivity contribution is -0.125. The van der Waals surface area contributed by atoms with E-state index in [-0.39, 0.29) is 18.1 Å². The van der Waals surface area contributed by atoms with Crippen molar-refractivity contribution in [3.63, 3.8) is 0 Å². The van der Waals surface area contributed by atoms with Gasteiger partial charge in [0, 0.05) is 16.9 Å². The Morgan fingerprint density at radius 2 is 2.19 bits per heavy atom. The highest BCUT2D eigenvalue weighted by atomic mass is 32.1. The topological polar surface area (TPSA) is 74.5 Å². The summed E-state index contributed by atoms with van der Waals surface area (Å²) in [5.74, 6) is -0.695. The van der Waals surface area contributed by atoms with Crippen LogP contribution in [0.15, 0.2) is 29.4 Å². The van der Waals surface area contributed by atoms with E-state index in [4.69, 9.17) is 4.84 Å². The molecule has 1 aliphatic carbocycles. The number of amides is 1. The number of thiophene rings is 1. The summed E-state index contributed by atoms with van der Waals surface area (Å²) >= 11 is 1.49. The Kier molecular flexibility index (Phi) is 4.90. The van der Waals surface area contributed by atoms with E-state index in [1.807, 2.05) is 0 Å². The molecule has 1 atom stereocenters. The third kappa shape index (κ3) is 3.58. The Morgan fingerprint density at radius 1 is 1.33 bits per heavy atom. The van der Waals surface area contributed by atoms with Crippen molar-refractivity contribution < 1.29 is 14.0 Å². The van der Waals surface area contributed by atoms with E-state index in [0.29, 0.717) is 21.8 Å². The van der Waals surface area contributed by atoms with E-state index in [1.165, 1.54) is 34.8 Å². The number of halogens is 1. The number of nitriles is 1. The van der Waals surface area contributed by atoms with Gasteiger partial charge in [-0.15, -0.1) is 11.3 Å². The lowest BCUT2D eigenvalue weighted by Crippen LogP contribution is -2.28. The Morgan fingerprint density at radius 3 is 3.00 bits per heavy atom. The van der Waals surface area contributed by atoms with Gasteiger partial charge in [0.15, 0.2) is 0 Å². The molecular formula is C20H18FN3O2S. The number of rotatable bonds is 3. The van der Waals surface area contributed by atoms with Gasteiger partial charge in [-0.3, -0.25) is 4.79 Å². The number of hydrogen-bond acceptors (Lipinski definition) is 5. The summed E-state index contributed by atoms with van der Waals surface area (Å²) in [6, 6.07) is 8.30. The minimum Gasteiger partial charge on any atom is -0.382 e. The van der Waals surface area contributed by atoms with E-state index < -0.39 is 6.10 Å². The second-order valence-electron chi connectivity index (χ2n) is 6.72. The summed E-state index contributed by atoms with van der Waals surface area (Å²) < 4.78 is 13.4. The number of hydrogen-bond donors (Lipinski definition) is 1. The molecular weight excluding hydrogens is 365 g/mol. The fourth-order valence-electron chi connectivity index (χ4n) is 3.50. The lowest BCUT2D eigenvalue weighted by Gasteiger charge is -2.08. The van der Waals surface area contributed by atoms with Crippen molar-refractivity contribution in [1.82, 2.24) is 0 Å². The van der Waals surface area contributed by atoms with Crippen LogP contribution in [-0.2, 0) is 22.5 Å². The van der Waals surface area contributed by atoms with E-state index in [1.54, 1.807) is 12.1 Å². The van der Waals surface area contributed by atoms with Crippen LogP contribution in [0.2, 0.25) is 0 Å². The quantitative estimate of drug-likeness (QED) is 0.809. The molecule has 0 saturated heterocycles. The molecule has 1 aliphatic heterocycles. The predicted octanol–water partition coefficient (Wildman–Crippen LogP) is 4.16. The molecule has 0 fully saturated rings. The fourth-order valence-corrected chi connectivity index (χ4v) is 4.74. The normalized spacial score (nSPS) is 18.7. The summed E-state index contributed by atoms with van der Waals surface area (Å²) in [4.78, 5) is 19.1. The smallest absolute Gasteiger partial charge is 0.269 e. The third-order valence-corrected chi connectivity index (χ3v) is 6.10. The van der Waals surface area contributed by atoms with Crippen molar-refractivity contribution in [3.05, 3.63) is 51.7 Å². The molecule has 1 N–H and O–H groups in total. The molecule has 7 heteroatoms. The molecule has 2 aliphatic rings. The maximum atomic E-state index is 13.4. The fraction of sp³-hybridized carbons (Fsp3) is 0.350. The molecule has 0 radical (unpaired) electrons. The maximum absolute atomic E-state index is 13.4. The first-order valence-corrected chi connectivity index (χ1v) is 9.81. The van der Waals surface area contributed by atoms with Crippen LogP contribution in [0, 0.1) is 17.1 Å². The highest BCUT2D eigenvalue weighted by molar-refractivity contribution is 7.16. The SMILES string of the molecule is N#Cc1c(NC(=O)[C@@H]2CC(c3cccc(F)c3)=NO2)sc2c1CCCCC2. The zero-order chi connectivity index (χ0) is 18.8. The summed E-state index contributed by atoms with van der Waals surface area (Å²) in [5.41, 5.74) is 2.80. The maximum Gasteiger partial charge on any atom is 0.269 e. The highest BCUT2D eigenvalue weighted by Crippen LogP contribution is 2.37. The van der Waals surface area contributed by atoms with E-state index >= 15 is 0 Å². The van der Waals surface area contributed by atoms with Gasteiger partial charge in [-0.1, -0.05) is 23.7 Å². The first-order chi connectivity index (χ1) is 13.2. The van der Waals surface area contributed by atoms with Crippen LogP contribution in [0.1, 0.15) is 47.3 Å². The molecule has 5 nitrogen and oxygen atoms in total. The van der Waals surface area contributed by atoms with Crippen molar-refractivity contribution in [3.8, 4) is 6.07 Å². The molecule has 1 aromatic heterocycles. The van der Waals surface area contributed by atoms with Gasteiger partial charge >= 0.3 is 0 Å². The molecule has 1 aromatic carbocycles. The number of carbonyl (C=O) groups is 1. The minimum absolute atomic E-state index is 0.266. The van der Waals surface area contributed by atoms with E-state index in [9.17, 15) is 14.4 Å². The largest absolute Gasteiger partial charge is 0.382 e. The second-order valence-corrected chi connectivity index (χ2v) is 7.82. The number of anilines is 1. The second kappa shape index (κ2) is 7.49. The van der Waals surface area contributed by atoms with Crippen molar-refractivity contribution >= 4 is 28.0 Å². The Balaban J connectivity index is 1.47. The first-order valence-electron chi connectivity index (χ1n) is 9.00. The van der Waals surface area contributed by atoms with Gasteiger partial charge in [0.2, 0.25) is 6.10 Å². The number of nitrogens with zero attached hydrogens (tertiary/aromatic N) is 2. The third-order valence-electron chi connectivity index (χ3n) is 4.89. The number of carbonyl (C=O) groups excluding carboxylic acids is 1. The minimum atomic E-state index is -0.781. The van der Waals surface area contributed by atoms with Crippen LogP contribution >= 0.6 is 11.3 Å². The average Bonchev–Trinajstić information content (AvgIpc) is 3.21. The molecule has 0 spiro atoms. The summed E-state index contributed by atoms with van der Waals surface area (Å²) in [7, 11) is 0. The monoisotopic (exact) mass is 383 g/mol.